The summed E-state index contributed by atoms with van der Waals surface area (Å²) >= 11 is 0. The minimum atomic E-state index is -0.738. The molecular formula is C14H14N2O4. The molecule has 0 saturated carbocycles. The second kappa shape index (κ2) is 5.66. The number of non-ortho nitro benzene ring substituents is 1. The van der Waals surface area contributed by atoms with Crippen molar-refractivity contribution in [1.29, 1.82) is 0 Å². The molecule has 0 unspecified atom stereocenters. The Morgan fingerprint density at radius 3 is 2.80 bits per heavy atom. The number of ether oxygens (including phenoxy) is 1. The summed E-state index contributed by atoms with van der Waals surface area (Å²) in [7, 11) is 0. The Bertz CT molecular complexity index is 641. The van der Waals surface area contributed by atoms with Gasteiger partial charge in [-0.15, -0.1) is 0 Å². The van der Waals surface area contributed by atoms with E-state index in [2.05, 4.69) is 4.98 Å². The second-order valence-corrected chi connectivity index (χ2v) is 4.38. The monoisotopic (exact) mass is 274 g/mol. The number of pyridine rings is 1. The van der Waals surface area contributed by atoms with Crippen LogP contribution in [0, 0.1) is 17.0 Å². The lowest BCUT2D eigenvalue weighted by molar-refractivity contribution is -0.384. The SMILES string of the molecule is Cc1ccc([N+](=O)[O-])cc1Oc1ncccc1[C@H](C)O. The third kappa shape index (κ3) is 2.92. The van der Waals surface area contributed by atoms with Crippen molar-refractivity contribution in [2.75, 3.05) is 0 Å². The van der Waals surface area contributed by atoms with E-state index in [9.17, 15) is 15.2 Å². The molecular weight excluding hydrogens is 260 g/mol. The van der Waals surface area contributed by atoms with Gasteiger partial charge in [0.25, 0.3) is 5.69 Å². The molecule has 0 aliphatic carbocycles. The van der Waals surface area contributed by atoms with Gasteiger partial charge in [0, 0.05) is 17.8 Å². The molecule has 6 nitrogen and oxygen atoms in total. The summed E-state index contributed by atoms with van der Waals surface area (Å²) < 4.78 is 5.62. The molecule has 0 amide bonds. The van der Waals surface area contributed by atoms with Crippen molar-refractivity contribution < 1.29 is 14.8 Å². The Morgan fingerprint density at radius 1 is 1.40 bits per heavy atom. The highest BCUT2D eigenvalue weighted by Gasteiger charge is 2.14. The predicted molar refractivity (Wildman–Crippen MR) is 72.8 cm³/mol. The lowest BCUT2D eigenvalue weighted by Gasteiger charge is -2.12. The number of aliphatic hydroxyl groups excluding tert-OH is 1. The second-order valence-electron chi connectivity index (χ2n) is 4.38. The van der Waals surface area contributed by atoms with E-state index in [1.165, 1.54) is 18.3 Å². The summed E-state index contributed by atoms with van der Waals surface area (Å²) in [5.41, 5.74) is 1.22. The fraction of sp³-hybridized carbons (Fsp3) is 0.214. The van der Waals surface area contributed by atoms with E-state index in [1.54, 1.807) is 32.0 Å². The minimum absolute atomic E-state index is 0.0554. The van der Waals surface area contributed by atoms with Gasteiger partial charge in [0.15, 0.2) is 0 Å². The van der Waals surface area contributed by atoms with Gasteiger partial charge in [-0.1, -0.05) is 0 Å². The molecule has 1 N–H and O–H groups in total. The number of rotatable bonds is 4. The summed E-state index contributed by atoms with van der Waals surface area (Å²) in [6, 6.07) is 7.75. The van der Waals surface area contributed by atoms with Crippen molar-refractivity contribution in [2.45, 2.75) is 20.0 Å². The molecule has 2 aromatic rings. The van der Waals surface area contributed by atoms with Crippen LogP contribution in [0.15, 0.2) is 36.5 Å². The van der Waals surface area contributed by atoms with Gasteiger partial charge in [0.2, 0.25) is 5.88 Å². The van der Waals surface area contributed by atoms with Crippen LogP contribution in [0.5, 0.6) is 11.6 Å². The highest BCUT2D eigenvalue weighted by molar-refractivity contribution is 5.46. The third-order valence-corrected chi connectivity index (χ3v) is 2.84. The highest BCUT2D eigenvalue weighted by Crippen LogP contribution is 2.31. The lowest BCUT2D eigenvalue weighted by Crippen LogP contribution is -1.99. The molecule has 0 spiro atoms. The number of nitrogens with zero attached hydrogens (tertiary/aromatic N) is 2. The molecule has 0 aliphatic heterocycles. The van der Waals surface area contributed by atoms with Gasteiger partial charge in [-0.2, -0.15) is 0 Å². The topological polar surface area (TPSA) is 85.5 Å². The number of hydrogen-bond donors (Lipinski definition) is 1. The first-order chi connectivity index (χ1) is 9.49. The van der Waals surface area contributed by atoms with E-state index in [4.69, 9.17) is 4.74 Å². The van der Waals surface area contributed by atoms with Crippen molar-refractivity contribution in [3.63, 3.8) is 0 Å². The van der Waals surface area contributed by atoms with E-state index in [-0.39, 0.29) is 11.6 Å². The molecule has 0 aliphatic rings. The minimum Gasteiger partial charge on any atom is -0.438 e. The van der Waals surface area contributed by atoms with Crippen LogP contribution < -0.4 is 4.74 Å². The van der Waals surface area contributed by atoms with E-state index < -0.39 is 11.0 Å². The molecule has 1 atom stereocenters. The van der Waals surface area contributed by atoms with Gasteiger partial charge in [-0.05, 0) is 37.6 Å². The average molecular weight is 274 g/mol. The number of aryl methyl sites for hydroxylation is 1. The highest BCUT2D eigenvalue weighted by atomic mass is 16.6. The van der Waals surface area contributed by atoms with Crippen LogP contribution in [-0.4, -0.2) is 15.0 Å². The predicted octanol–water partition coefficient (Wildman–Crippen LogP) is 3.14. The summed E-state index contributed by atoms with van der Waals surface area (Å²) in [6.45, 7) is 3.38. The van der Waals surface area contributed by atoms with Gasteiger partial charge in [-0.25, -0.2) is 4.98 Å². The molecule has 0 saturated heterocycles. The third-order valence-electron chi connectivity index (χ3n) is 2.84. The van der Waals surface area contributed by atoms with Crippen LogP contribution in [0.25, 0.3) is 0 Å². The number of benzene rings is 1. The Kier molecular flexibility index (Phi) is 3.95. The molecule has 0 radical (unpaired) electrons. The zero-order valence-electron chi connectivity index (χ0n) is 11.1. The van der Waals surface area contributed by atoms with Crippen molar-refractivity contribution in [3.8, 4) is 11.6 Å². The molecule has 0 bridgehead atoms. The molecule has 6 heteroatoms. The summed E-state index contributed by atoms with van der Waals surface area (Å²) in [5.74, 6) is 0.589. The van der Waals surface area contributed by atoms with Crippen molar-refractivity contribution in [3.05, 3.63) is 57.8 Å². The number of aliphatic hydroxyl groups is 1. The molecule has 1 aromatic heterocycles. The van der Waals surface area contributed by atoms with Crippen LogP contribution in [0.2, 0.25) is 0 Å². The maximum Gasteiger partial charge on any atom is 0.273 e. The Labute approximate surface area is 115 Å². The van der Waals surface area contributed by atoms with Gasteiger partial charge in [0.05, 0.1) is 17.1 Å². The van der Waals surface area contributed by atoms with Crippen molar-refractivity contribution >= 4 is 5.69 Å². The van der Waals surface area contributed by atoms with Crippen LogP contribution in [-0.2, 0) is 0 Å². The van der Waals surface area contributed by atoms with E-state index >= 15 is 0 Å². The van der Waals surface area contributed by atoms with Gasteiger partial charge >= 0.3 is 0 Å². The standard InChI is InChI=1S/C14H14N2O4/c1-9-5-6-11(16(18)19)8-13(9)20-14-12(10(2)17)4-3-7-15-14/h3-8,10,17H,1-2H3/t10-/m0/s1. The average Bonchev–Trinajstić information content (AvgIpc) is 2.41. The van der Waals surface area contributed by atoms with Crippen molar-refractivity contribution in [1.82, 2.24) is 4.98 Å². The first-order valence-corrected chi connectivity index (χ1v) is 6.05. The van der Waals surface area contributed by atoms with Crippen LogP contribution in [0.3, 0.4) is 0 Å². The Morgan fingerprint density at radius 2 is 2.15 bits per heavy atom. The smallest absolute Gasteiger partial charge is 0.273 e. The molecule has 20 heavy (non-hydrogen) atoms. The fourth-order valence-electron chi connectivity index (χ4n) is 1.72. The molecule has 1 heterocycles. The lowest BCUT2D eigenvalue weighted by atomic mass is 10.1. The van der Waals surface area contributed by atoms with E-state index in [1.807, 2.05) is 0 Å². The van der Waals surface area contributed by atoms with Gasteiger partial charge in [0.1, 0.15) is 5.75 Å². The van der Waals surface area contributed by atoms with Crippen LogP contribution >= 0.6 is 0 Å². The maximum atomic E-state index is 10.8. The number of nitro groups is 1. The first-order valence-electron chi connectivity index (χ1n) is 6.05. The molecule has 104 valence electrons. The fourth-order valence-corrected chi connectivity index (χ4v) is 1.72. The van der Waals surface area contributed by atoms with Crippen molar-refractivity contribution in [2.24, 2.45) is 0 Å². The summed E-state index contributed by atoms with van der Waals surface area (Å²) in [6.07, 6.45) is 0.797. The molecule has 2 rings (SSSR count). The van der Waals surface area contributed by atoms with Gasteiger partial charge in [-0.3, -0.25) is 10.1 Å². The van der Waals surface area contributed by atoms with Crippen LogP contribution in [0.4, 0.5) is 5.69 Å². The normalized spacial score (nSPS) is 11.9. The van der Waals surface area contributed by atoms with E-state index in [0.717, 1.165) is 5.56 Å². The number of hydrogen-bond acceptors (Lipinski definition) is 5. The molecule has 1 aromatic carbocycles. The van der Waals surface area contributed by atoms with Crippen LogP contribution in [0.1, 0.15) is 24.2 Å². The quantitative estimate of drug-likeness (QED) is 0.683. The molecule has 0 fully saturated rings. The maximum absolute atomic E-state index is 10.8. The van der Waals surface area contributed by atoms with Gasteiger partial charge < -0.3 is 9.84 Å². The van der Waals surface area contributed by atoms with E-state index in [0.29, 0.717) is 11.3 Å². The zero-order chi connectivity index (χ0) is 14.7. The zero-order valence-corrected chi connectivity index (χ0v) is 11.1. The first kappa shape index (κ1) is 14.0. The Balaban J connectivity index is 2.40. The number of nitro benzene ring substituents is 1. The number of aromatic nitrogens is 1. The summed E-state index contributed by atoms with van der Waals surface area (Å²) in [4.78, 5) is 14.4. The summed E-state index contributed by atoms with van der Waals surface area (Å²) in [5, 5.41) is 20.5. The largest absolute Gasteiger partial charge is 0.438 e. The Hall–Kier alpha value is -2.47.